The number of pyridine rings is 2. The standard InChI is InChI=1S/C24H16N6O2S.C21H16N6O3S/c31-30(32)19-9-7-18(8-10-19)26-24(33)29-22-12-11-20-23(28-22)27-21(14-25-20)17-6-5-15-3-1-2-4-16(15)13-17;1-30-16-8-2-13(3-9-16)18-12-22-17-10-11-19(25-20(17)24-18)26-21(31)23-14-4-6-15(7-5-14)27(28)29/h1-14H,(H2,26,27,28,29,33);2-12H,1H3,(H2,23,24,25,26,31). The second-order valence-corrected chi connectivity index (χ2v) is 14.5. The molecule has 9 aromatic rings. The maximum Gasteiger partial charge on any atom is 0.269 e. The number of thiocarbonyl (C=S) groups is 2. The Bertz CT molecular complexity index is 3210. The Balaban J connectivity index is 0.000000175. The van der Waals surface area contributed by atoms with Crippen LogP contribution in [0.2, 0.25) is 0 Å². The molecule has 64 heavy (non-hydrogen) atoms. The summed E-state index contributed by atoms with van der Waals surface area (Å²) in [4.78, 5) is 47.9. The number of hydrogen-bond acceptors (Lipinski definition) is 13. The molecule has 5 aromatic carbocycles. The van der Waals surface area contributed by atoms with Crippen LogP contribution in [0.3, 0.4) is 0 Å². The van der Waals surface area contributed by atoms with Crippen molar-refractivity contribution in [3.05, 3.63) is 172 Å². The minimum absolute atomic E-state index is 0.00635. The van der Waals surface area contributed by atoms with E-state index in [-0.39, 0.29) is 11.4 Å². The monoisotopic (exact) mass is 884 g/mol. The van der Waals surface area contributed by atoms with Gasteiger partial charge in [0.15, 0.2) is 21.5 Å². The van der Waals surface area contributed by atoms with Crippen LogP contribution < -0.4 is 26.0 Å². The normalized spacial score (nSPS) is 10.6. The quantitative estimate of drug-likeness (QED) is 0.0601. The van der Waals surface area contributed by atoms with Gasteiger partial charge in [0.2, 0.25) is 0 Å². The maximum absolute atomic E-state index is 10.8. The maximum atomic E-state index is 10.8. The molecule has 314 valence electrons. The van der Waals surface area contributed by atoms with Gasteiger partial charge >= 0.3 is 0 Å². The van der Waals surface area contributed by atoms with Crippen LogP contribution in [0.4, 0.5) is 34.4 Å². The molecule has 19 heteroatoms. The number of rotatable bonds is 9. The number of nitro groups is 2. The van der Waals surface area contributed by atoms with Gasteiger partial charge in [-0.2, -0.15) is 0 Å². The Morgan fingerprint density at radius 3 is 1.48 bits per heavy atom. The molecule has 0 aliphatic heterocycles. The van der Waals surface area contributed by atoms with Gasteiger partial charge in [-0.15, -0.1) is 0 Å². The zero-order chi connectivity index (χ0) is 44.6. The van der Waals surface area contributed by atoms with E-state index >= 15 is 0 Å². The SMILES string of the molecule is COc1ccc(-c2cnc3ccc(NC(=S)Nc4ccc([N+](=O)[O-])cc4)nc3n2)cc1.O=[N+]([O-])c1ccc(NC(=S)Nc2ccc3ncc(-c4ccc5ccccc5c4)nc3n2)cc1. The lowest BCUT2D eigenvalue weighted by Gasteiger charge is -2.10. The van der Waals surface area contributed by atoms with E-state index in [4.69, 9.17) is 29.2 Å². The first-order valence-electron chi connectivity index (χ1n) is 19.1. The van der Waals surface area contributed by atoms with Crippen LogP contribution in [0.15, 0.2) is 152 Å². The predicted octanol–water partition coefficient (Wildman–Crippen LogP) is 9.98. The minimum atomic E-state index is -0.458. The molecule has 0 aliphatic rings. The largest absolute Gasteiger partial charge is 0.497 e. The number of non-ortho nitro benzene ring substituents is 2. The van der Waals surface area contributed by atoms with Gasteiger partial charge in [0.25, 0.3) is 11.4 Å². The van der Waals surface area contributed by atoms with Crippen molar-refractivity contribution in [3.63, 3.8) is 0 Å². The average molecular weight is 885 g/mol. The number of fused-ring (bicyclic) bond motifs is 3. The van der Waals surface area contributed by atoms with Gasteiger partial charge in [-0.25, -0.2) is 19.9 Å². The molecule has 0 atom stereocenters. The van der Waals surface area contributed by atoms with Crippen LogP contribution in [-0.2, 0) is 0 Å². The molecular weight excluding hydrogens is 853 g/mol. The van der Waals surface area contributed by atoms with Crippen molar-refractivity contribution in [2.45, 2.75) is 0 Å². The summed E-state index contributed by atoms with van der Waals surface area (Å²) < 4.78 is 5.18. The van der Waals surface area contributed by atoms with Gasteiger partial charge in [0.1, 0.15) is 28.4 Å². The Labute approximate surface area is 374 Å². The summed E-state index contributed by atoms with van der Waals surface area (Å²) in [5, 5.41) is 36.4. The molecule has 17 nitrogen and oxygen atoms in total. The van der Waals surface area contributed by atoms with Crippen molar-refractivity contribution in [2.75, 3.05) is 28.4 Å². The summed E-state index contributed by atoms with van der Waals surface area (Å²) in [6, 6.07) is 40.9. The molecule has 9 rings (SSSR count). The first kappa shape index (κ1) is 42.0. The molecule has 0 amide bonds. The second-order valence-electron chi connectivity index (χ2n) is 13.6. The van der Waals surface area contributed by atoms with Crippen molar-refractivity contribution < 1.29 is 14.6 Å². The van der Waals surface area contributed by atoms with Gasteiger partial charge in [-0.1, -0.05) is 36.4 Å². The molecular formula is C45H32N12O5S2. The third kappa shape index (κ3) is 10.3. The number of methoxy groups -OCH3 is 1. The van der Waals surface area contributed by atoms with Gasteiger partial charge in [-0.3, -0.25) is 30.2 Å². The van der Waals surface area contributed by atoms with Gasteiger partial charge < -0.3 is 26.0 Å². The fraction of sp³-hybridized carbons (Fsp3) is 0.0222. The smallest absolute Gasteiger partial charge is 0.269 e. The zero-order valence-electron chi connectivity index (χ0n) is 33.4. The Morgan fingerprint density at radius 1 is 0.531 bits per heavy atom. The highest BCUT2D eigenvalue weighted by molar-refractivity contribution is 7.81. The number of benzene rings is 5. The third-order valence-electron chi connectivity index (χ3n) is 9.40. The van der Waals surface area contributed by atoms with Crippen molar-refractivity contribution in [1.82, 2.24) is 29.9 Å². The van der Waals surface area contributed by atoms with Crippen LogP contribution in [-0.4, -0.2) is 57.1 Å². The summed E-state index contributed by atoms with van der Waals surface area (Å²) in [5.74, 6) is 1.76. The summed E-state index contributed by atoms with van der Waals surface area (Å²) in [7, 11) is 1.62. The first-order chi connectivity index (χ1) is 31.1. The zero-order valence-corrected chi connectivity index (χ0v) is 35.0. The fourth-order valence-corrected chi connectivity index (χ4v) is 6.66. The van der Waals surface area contributed by atoms with Crippen molar-refractivity contribution in [1.29, 1.82) is 0 Å². The molecule has 0 bridgehead atoms. The van der Waals surface area contributed by atoms with Crippen LogP contribution >= 0.6 is 24.4 Å². The van der Waals surface area contributed by atoms with Crippen molar-refractivity contribution in [3.8, 4) is 28.3 Å². The first-order valence-corrected chi connectivity index (χ1v) is 19.9. The Kier molecular flexibility index (Phi) is 12.4. The predicted molar refractivity (Wildman–Crippen MR) is 255 cm³/mol. The summed E-state index contributed by atoms with van der Waals surface area (Å²) in [6.45, 7) is 0. The number of nitro benzene ring substituents is 2. The van der Waals surface area contributed by atoms with E-state index in [9.17, 15) is 20.2 Å². The molecule has 4 N–H and O–H groups in total. The van der Waals surface area contributed by atoms with Crippen LogP contribution in [0.25, 0.3) is 55.6 Å². The highest BCUT2D eigenvalue weighted by Gasteiger charge is 2.11. The number of aromatic nitrogens is 6. The van der Waals surface area contributed by atoms with Crippen LogP contribution in [0.5, 0.6) is 5.75 Å². The van der Waals surface area contributed by atoms with E-state index < -0.39 is 9.85 Å². The highest BCUT2D eigenvalue weighted by Crippen LogP contribution is 2.26. The van der Waals surface area contributed by atoms with Crippen molar-refractivity contribution >= 4 is 102 Å². The van der Waals surface area contributed by atoms with E-state index in [1.54, 1.807) is 62.0 Å². The number of hydrogen-bond donors (Lipinski definition) is 4. The van der Waals surface area contributed by atoms with E-state index in [1.807, 2.05) is 48.5 Å². The van der Waals surface area contributed by atoms with E-state index in [2.05, 4.69) is 75.4 Å². The number of nitrogens with one attached hydrogen (secondary N) is 4. The third-order valence-corrected chi connectivity index (χ3v) is 9.81. The summed E-state index contributed by atoms with van der Waals surface area (Å²) >= 11 is 10.6. The Hall–Kier alpha value is -8.68. The molecule has 0 saturated carbocycles. The Morgan fingerprint density at radius 2 is 1.00 bits per heavy atom. The van der Waals surface area contributed by atoms with E-state index in [0.29, 0.717) is 61.3 Å². The molecule has 0 fully saturated rings. The molecule has 0 spiro atoms. The summed E-state index contributed by atoms with van der Waals surface area (Å²) in [5.41, 5.74) is 6.79. The van der Waals surface area contributed by atoms with Gasteiger partial charge in [-0.05, 0) is 114 Å². The fourth-order valence-electron chi connectivity index (χ4n) is 6.21. The van der Waals surface area contributed by atoms with Crippen molar-refractivity contribution in [2.24, 2.45) is 0 Å². The molecule has 0 aliphatic carbocycles. The van der Waals surface area contributed by atoms with E-state index in [0.717, 1.165) is 33.3 Å². The molecule has 4 heterocycles. The average Bonchev–Trinajstić information content (AvgIpc) is 3.31. The summed E-state index contributed by atoms with van der Waals surface area (Å²) in [6.07, 6.45) is 3.43. The number of ether oxygens (including phenoxy) is 1. The highest BCUT2D eigenvalue weighted by atomic mass is 32.1. The second kappa shape index (κ2) is 18.9. The molecule has 4 aromatic heterocycles. The molecule has 0 saturated heterocycles. The lowest BCUT2D eigenvalue weighted by atomic mass is 10.1. The van der Waals surface area contributed by atoms with Crippen LogP contribution in [0, 0.1) is 20.2 Å². The van der Waals surface area contributed by atoms with Gasteiger partial charge in [0.05, 0.1) is 40.7 Å². The lowest BCUT2D eigenvalue weighted by molar-refractivity contribution is -0.385. The molecule has 0 radical (unpaired) electrons. The number of nitrogens with zero attached hydrogens (tertiary/aromatic N) is 8. The number of anilines is 4. The van der Waals surface area contributed by atoms with E-state index in [1.165, 1.54) is 24.3 Å². The van der Waals surface area contributed by atoms with Crippen LogP contribution in [0.1, 0.15) is 0 Å². The minimum Gasteiger partial charge on any atom is -0.497 e. The lowest BCUT2D eigenvalue weighted by Crippen LogP contribution is -2.19. The molecule has 0 unspecified atom stereocenters. The van der Waals surface area contributed by atoms with Gasteiger partial charge in [0, 0.05) is 46.8 Å². The topological polar surface area (TPSA) is 221 Å².